The predicted molar refractivity (Wildman–Crippen MR) is 76.9 cm³/mol. The average Bonchev–Trinajstić information content (AvgIpc) is 2.38. The minimum Gasteiger partial charge on any atom is -0.480 e. The Morgan fingerprint density at radius 2 is 2.15 bits per heavy atom. The molecule has 0 unspecified atom stereocenters. The van der Waals surface area contributed by atoms with Gasteiger partial charge in [0.2, 0.25) is 5.91 Å². The first-order chi connectivity index (χ1) is 9.43. The molecule has 0 fully saturated rings. The third kappa shape index (κ3) is 4.89. The number of hydrogen-bond acceptors (Lipinski definition) is 4. The Kier molecular flexibility index (Phi) is 5.99. The van der Waals surface area contributed by atoms with E-state index >= 15 is 0 Å². The fraction of sp³-hybridized carbons (Fsp3) is 0.308. The summed E-state index contributed by atoms with van der Waals surface area (Å²) in [7, 11) is 1.70. The minimum absolute atomic E-state index is 0.0236. The number of aliphatic carboxylic acids is 1. The van der Waals surface area contributed by atoms with Crippen LogP contribution in [0.3, 0.4) is 0 Å². The molecule has 0 atom stereocenters. The molecule has 1 rings (SSSR count). The first kappa shape index (κ1) is 16.0. The minimum atomic E-state index is -1.06. The standard InChI is InChI=1S/C13H16ClN3O3/c1-3-6-17(9-13(19)20)12(18)8-16(2)11-5-4-10(14)7-15-11/h3-5,7H,1,6,8-9H2,2H3,(H,19,20). The largest absolute Gasteiger partial charge is 0.480 e. The number of rotatable bonds is 7. The van der Waals surface area contributed by atoms with E-state index in [1.54, 1.807) is 24.1 Å². The lowest BCUT2D eigenvalue weighted by Gasteiger charge is -2.23. The molecule has 1 N–H and O–H groups in total. The molecular weight excluding hydrogens is 282 g/mol. The van der Waals surface area contributed by atoms with Crippen LogP contribution in [0.15, 0.2) is 31.0 Å². The van der Waals surface area contributed by atoms with E-state index in [9.17, 15) is 9.59 Å². The highest BCUT2D eigenvalue weighted by atomic mass is 35.5. The Balaban J connectivity index is 2.69. The number of carbonyl (C=O) groups excluding carboxylic acids is 1. The smallest absolute Gasteiger partial charge is 0.323 e. The van der Waals surface area contributed by atoms with Crippen molar-refractivity contribution >= 4 is 29.3 Å². The predicted octanol–water partition coefficient (Wildman–Crippen LogP) is 1.27. The fourth-order valence-corrected chi connectivity index (χ4v) is 1.66. The molecule has 6 nitrogen and oxygen atoms in total. The zero-order valence-electron chi connectivity index (χ0n) is 11.1. The average molecular weight is 298 g/mol. The molecule has 1 aromatic heterocycles. The number of carboxylic acids is 1. The fourth-order valence-electron chi connectivity index (χ4n) is 1.55. The molecule has 0 saturated carbocycles. The van der Waals surface area contributed by atoms with Gasteiger partial charge < -0.3 is 14.9 Å². The zero-order valence-corrected chi connectivity index (χ0v) is 11.9. The first-order valence-corrected chi connectivity index (χ1v) is 6.25. The Bertz CT molecular complexity index is 490. The molecule has 0 aliphatic rings. The van der Waals surface area contributed by atoms with Gasteiger partial charge in [-0.2, -0.15) is 0 Å². The van der Waals surface area contributed by atoms with Crippen LogP contribution in [0.5, 0.6) is 0 Å². The maximum atomic E-state index is 12.0. The molecule has 0 aliphatic carbocycles. The maximum absolute atomic E-state index is 12.0. The topological polar surface area (TPSA) is 73.7 Å². The number of hydrogen-bond donors (Lipinski definition) is 1. The third-order valence-corrected chi connectivity index (χ3v) is 2.73. The summed E-state index contributed by atoms with van der Waals surface area (Å²) in [5, 5.41) is 9.28. The SMILES string of the molecule is C=CCN(CC(=O)O)C(=O)CN(C)c1ccc(Cl)cn1. The van der Waals surface area contributed by atoms with Crippen LogP contribution in [-0.2, 0) is 9.59 Å². The van der Waals surface area contributed by atoms with Crippen LogP contribution < -0.4 is 4.90 Å². The Morgan fingerprint density at radius 3 is 2.65 bits per heavy atom. The molecule has 0 aromatic carbocycles. The van der Waals surface area contributed by atoms with Gasteiger partial charge in [0.15, 0.2) is 0 Å². The van der Waals surface area contributed by atoms with Crippen LogP contribution in [0.1, 0.15) is 0 Å². The van der Waals surface area contributed by atoms with Gasteiger partial charge in [0, 0.05) is 19.8 Å². The summed E-state index contributed by atoms with van der Waals surface area (Å²) in [6.07, 6.45) is 2.97. The number of halogens is 1. The van der Waals surface area contributed by atoms with E-state index in [0.717, 1.165) is 0 Å². The van der Waals surface area contributed by atoms with E-state index < -0.39 is 5.97 Å². The molecule has 1 aromatic rings. The van der Waals surface area contributed by atoms with Gasteiger partial charge in [-0.3, -0.25) is 9.59 Å². The van der Waals surface area contributed by atoms with Crippen molar-refractivity contribution < 1.29 is 14.7 Å². The highest BCUT2D eigenvalue weighted by molar-refractivity contribution is 6.30. The van der Waals surface area contributed by atoms with Gasteiger partial charge in [0.05, 0.1) is 11.6 Å². The number of aromatic nitrogens is 1. The summed E-state index contributed by atoms with van der Waals surface area (Å²) in [4.78, 5) is 29.7. The van der Waals surface area contributed by atoms with Gasteiger partial charge in [-0.15, -0.1) is 6.58 Å². The number of carbonyl (C=O) groups is 2. The second-order valence-corrected chi connectivity index (χ2v) is 4.58. The molecule has 0 radical (unpaired) electrons. The van der Waals surface area contributed by atoms with E-state index in [0.29, 0.717) is 10.8 Å². The zero-order chi connectivity index (χ0) is 15.1. The molecular formula is C13H16ClN3O3. The van der Waals surface area contributed by atoms with Crippen LogP contribution in [0.2, 0.25) is 5.02 Å². The lowest BCUT2D eigenvalue weighted by molar-refractivity contribution is -0.143. The van der Waals surface area contributed by atoms with Gasteiger partial charge in [-0.05, 0) is 12.1 Å². The summed E-state index contributed by atoms with van der Waals surface area (Å²) in [6.45, 7) is 3.37. The van der Waals surface area contributed by atoms with Gasteiger partial charge in [0.1, 0.15) is 12.4 Å². The molecule has 7 heteroatoms. The van der Waals surface area contributed by atoms with E-state index in [-0.39, 0.29) is 25.5 Å². The van der Waals surface area contributed by atoms with Crippen molar-refractivity contribution in [3.8, 4) is 0 Å². The van der Waals surface area contributed by atoms with Crippen LogP contribution in [0.4, 0.5) is 5.82 Å². The van der Waals surface area contributed by atoms with Crippen molar-refractivity contribution in [2.75, 3.05) is 31.6 Å². The van der Waals surface area contributed by atoms with Gasteiger partial charge in [0.25, 0.3) is 0 Å². The highest BCUT2D eigenvalue weighted by Crippen LogP contribution is 2.12. The second-order valence-electron chi connectivity index (χ2n) is 4.15. The number of pyridine rings is 1. The van der Waals surface area contributed by atoms with E-state index in [1.165, 1.54) is 17.2 Å². The van der Waals surface area contributed by atoms with Crippen LogP contribution >= 0.6 is 11.6 Å². The molecule has 108 valence electrons. The molecule has 1 amide bonds. The van der Waals surface area contributed by atoms with Gasteiger partial charge in [-0.1, -0.05) is 17.7 Å². The van der Waals surface area contributed by atoms with Crippen molar-refractivity contribution in [3.05, 3.63) is 36.0 Å². The lowest BCUT2D eigenvalue weighted by atomic mass is 10.3. The number of anilines is 1. The summed E-state index contributed by atoms with van der Waals surface area (Å²) in [6, 6.07) is 3.36. The highest BCUT2D eigenvalue weighted by Gasteiger charge is 2.17. The second kappa shape index (κ2) is 7.49. The van der Waals surface area contributed by atoms with Crippen molar-refractivity contribution in [1.29, 1.82) is 0 Å². The van der Waals surface area contributed by atoms with Gasteiger partial charge in [-0.25, -0.2) is 4.98 Å². The number of likely N-dealkylation sites (N-methyl/N-ethyl adjacent to an activating group) is 1. The molecule has 0 saturated heterocycles. The Morgan fingerprint density at radius 1 is 1.45 bits per heavy atom. The molecule has 20 heavy (non-hydrogen) atoms. The molecule has 0 spiro atoms. The first-order valence-electron chi connectivity index (χ1n) is 5.87. The molecule has 1 heterocycles. The number of nitrogens with zero attached hydrogens (tertiary/aromatic N) is 3. The third-order valence-electron chi connectivity index (χ3n) is 2.50. The van der Waals surface area contributed by atoms with Crippen molar-refractivity contribution in [2.24, 2.45) is 0 Å². The summed E-state index contributed by atoms with van der Waals surface area (Å²) in [5.74, 6) is -0.796. The van der Waals surface area contributed by atoms with Crippen LogP contribution in [0, 0.1) is 0 Å². The van der Waals surface area contributed by atoms with Crippen molar-refractivity contribution in [2.45, 2.75) is 0 Å². The quantitative estimate of drug-likeness (QED) is 0.767. The number of amides is 1. The summed E-state index contributed by atoms with van der Waals surface area (Å²) in [5.41, 5.74) is 0. The van der Waals surface area contributed by atoms with Crippen LogP contribution in [0.25, 0.3) is 0 Å². The maximum Gasteiger partial charge on any atom is 0.323 e. The van der Waals surface area contributed by atoms with Crippen LogP contribution in [-0.4, -0.2) is 53.5 Å². The number of carboxylic acid groups (broad SMARTS) is 1. The van der Waals surface area contributed by atoms with Crippen molar-refractivity contribution in [3.63, 3.8) is 0 Å². The monoisotopic (exact) mass is 297 g/mol. The van der Waals surface area contributed by atoms with E-state index in [1.807, 2.05) is 0 Å². The van der Waals surface area contributed by atoms with E-state index in [4.69, 9.17) is 16.7 Å². The lowest BCUT2D eigenvalue weighted by Crippen LogP contribution is -2.42. The Labute approximate surface area is 122 Å². The summed E-state index contributed by atoms with van der Waals surface area (Å²) < 4.78 is 0. The summed E-state index contributed by atoms with van der Waals surface area (Å²) >= 11 is 5.74. The molecule has 0 bridgehead atoms. The molecule has 0 aliphatic heterocycles. The van der Waals surface area contributed by atoms with Gasteiger partial charge >= 0.3 is 5.97 Å². The van der Waals surface area contributed by atoms with Crippen molar-refractivity contribution in [1.82, 2.24) is 9.88 Å². The Hall–Kier alpha value is -2.08. The normalized spacial score (nSPS) is 9.90. The van der Waals surface area contributed by atoms with E-state index in [2.05, 4.69) is 11.6 Å².